The van der Waals surface area contributed by atoms with Gasteiger partial charge in [-0.2, -0.15) is 0 Å². The Balaban J connectivity index is 1.45. The Kier molecular flexibility index (Phi) is 6.03. The van der Waals surface area contributed by atoms with Gasteiger partial charge in [0.1, 0.15) is 23.9 Å². The molecule has 0 saturated carbocycles. The van der Waals surface area contributed by atoms with Crippen LogP contribution in [0.15, 0.2) is 66.7 Å². The number of rotatable bonds is 6. The minimum Gasteiger partial charge on any atom is -0.508 e. The van der Waals surface area contributed by atoms with E-state index in [0.29, 0.717) is 23.5 Å². The van der Waals surface area contributed by atoms with E-state index in [-0.39, 0.29) is 23.4 Å². The van der Waals surface area contributed by atoms with Crippen molar-refractivity contribution < 1.29 is 24.5 Å². The van der Waals surface area contributed by atoms with Crippen LogP contribution in [0.3, 0.4) is 0 Å². The number of benzene rings is 3. The average Bonchev–Trinajstić information content (AvgIpc) is 3.22. The van der Waals surface area contributed by atoms with Crippen molar-refractivity contribution in [3.05, 3.63) is 77.9 Å². The number of carbonyl (C=O) groups excluding carboxylic acids is 1. The van der Waals surface area contributed by atoms with Gasteiger partial charge in [-0.25, -0.2) is 0 Å². The van der Waals surface area contributed by atoms with Crippen molar-refractivity contribution in [2.45, 2.75) is 25.4 Å². The molecule has 3 aromatic carbocycles. The molecular formula is C27H24O5S. The monoisotopic (exact) mass is 460 g/mol. The van der Waals surface area contributed by atoms with Crippen molar-refractivity contribution in [1.29, 1.82) is 0 Å². The van der Waals surface area contributed by atoms with Gasteiger partial charge >= 0.3 is 0 Å². The Labute approximate surface area is 195 Å². The van der Waals surface area contributed by atoms with E-state index in [9.17, 15) is 15.0 Å². The first kappa shape index (κ1) is 21.5. The van der Waals surface area contributed by atoms with Crippen molar-refractivity contribution in [1.82, 2.24) is 0 Å². The van der Waals surface area contributed by atoms with Crippen molar-refractivity contribution in [2.75, 3.05) is 13.2 Å². The second kappa shape index (κ2) is 9.25. The Morgan fingerprint density at radius 2 is 1.73 bits per heavy atom. The second-order valence-corrected chi connectivity index (χ2v) is 9.24. The molecule has 1 fully saturated rings. The first-order chi connectivity index (χ1) is 16.1. The molecule has 1 aliphatic heterocycles. The summed E-state index contributed by atoms with van der Waals surface area (Å²) in [5, 5.41) is 20.4. The number of hydrogen-bond acceptors (Lipinski definition) is 6. The van der Waals surface area contributed by atoms with Gasteiger partial charge in [0.15, 0.2) is 5.78 Å². The Morgan fingerprint density at radius 1 is 0.970 bits per heavy atom. The number of phenols is 2. The fourth-order valence-corrected chi connectivity index (χ4v) is 5.34. The molecule has 0 radical (unpaired) electrons. The van der Waals surface area contributed by atoms with Crippen molar-refractivity contribution in [2.24, 2.45) is 0 Å². The lowest BCUT2D eigenvalue weighted by Crippen LogP contribution is -2.25. The van der Waals surface area contributed by atoms with Gasteiger partial charge < -0.3 is 19.7 Å². The maximum absolute atomic E-state index is 13.6. The van der Waals surface area contributed by atoms with Crippen LogP contribution in [0.1, 0.15) is 35.2 Å². The summed E-state index contributed by atoms with van der Waals surface area (Å²) in [6.45, 7) is 1.30. The highest BCUT2D eigenvalue weighted by Crippen LogP contribution is 2.41. The first-order valence-electron chi connectivity index (χ1n) is 11.0. The molecule has 0 spiro atoms. The number of aromatic hydroxyl groups is 2. The zero-order valence-corrected chi connectivity index (χ0v) is 18.8. The van der Waals surface area contributed by atoms with E-state index in [1.807, 2.05) is 12.1 Å². The molecule has 1 aliphatic rings. The lowest BCUT2D eigenvalue weighted by Gasteiger charge is -2.22. The van der Waals surface area contributed by atoms with Gasteiger partial charge in [0.2, 0.25) is 0 Å². The van der Waals surface area contributed by atoms with Crippen LogP contribution < -0.4 is 4.74 Å². The normalized spacial score (nSPS) is 16.1. The van der Waals surface area contributed by atoms with Crippen LogP contribution in [0.4, 0.5) is 0 Å². The van der Waals surface area contributed by atoms with Gasteiger partial charge in [-0.15, -0.1) is 11.3 Å². The highest BCUT2D eigenvalue weighted by atomic mass is 32.1. The number of carbonyl (C=O) groups is 1. The van der Waals surface area contributed by atoms with E-state index < -0.39 is 0 Å². The third kappa shape index (κ3) is 4.58. The van der Waals surface area contributed by atoms with Crippen molar-refractivity contribution in [3.8, 4) is 27.7 Å². The lowest BCUT2D eigenvalue weighted by molar-refractivity contribution is -0.0110. The van der Waals surface area contributed by atoms with Crippen LogP contribution in [-0.4, -0.2) is 35.3 Å². The quantitative estimate of drug-likeness (QED) is 0.337. The van der Waals surface area contributed by atoms with Gasteiger partial charge in [0.25, 0.3) is 0 Å². The van der Waals surface area contributed by atoms with E-state index in [2.05, 4.69) is 0 Å². The molecule has 1 atom stereocenters. The molecule has 1 saturated heterocycles. The Hall–Kier alpha value is -3.35. The Bertz CT molecular complexity index is 1270. The summed E-state index contributed by atoms with van der Waals surface area (Å²) in [5.41, 5.74) is 1.98. The smallest absolute Gasteiger partial charge is 0.195 e. The third-order valence-corrected chi connectivity index (χ3v) is 7.06. The topological polar surface area (TPSA) is 76.0 Å². The van der Waals surface area contributed by atoms with Crippen molar-refractivity contribution in [3.63, 3.8) is 0 Å². The minimum absolute atomic E-state index is 0.0998. The Morgan fingerprint density at radius 3 is 2.45 bits per heavy atom. The van der Waals surface area contributed by atoms with Gasteiger partial charge in [-0.3, -0.25) is 4.79 Å². The van der Waals surface area contributed by atoms with E-state index in [1.165, 1.54) is 11.3 Å². The van der Waals surface area contributed by atoms with Gasteiger partial charge in [-0.1, -0.05) is 0 Å². The molecule has 0 amide bonds. The molecule has 33 heavy (non-hydrogen) atoms. The fraction of sp³-hybridized carbons (Fsp3) is 0.222. The first-order valence-corrected chi connectivity index (χ1v) is 11.8. The van der Waals surface area contributed by atoms with Gasteiger partial charge in [-0.05, 0) is 91.6 Å². The second-order valence-electron chi connectivity index (χ2n) is 8.19. The SMILES string of the molecule is O=C(c1ccc(OCC2CCCCO2)cc1)c1c(-c2ccc(O)cc2)sc2cc(O)ccc12. The predicted molar refractivity (Wildman–Crippen MR) is 130 cm³/mol. The van der Waals surface area contributed by atoms with Gasteiger partial charge in [0, 0.05) is 32.7 Å². The van der Waals surface area contributed by atoms with Crippen LogP contribution >= 0.6 is 11.3 Å². The predicted octanol–water partition coefficient (Wildman–Crippen LogP) is 6.16. The summed E-state index contributed by atoms with van der Waals surface area (Å²) in [7, 11) is 0. The van der Waals surface area contributed by atoms with Crippen LogP contribution in [-0.2, 0) is 4.74 Å². The van der Waals surface area contributed by atoms with Crippen molar-refractivity contribution >= 4 is 27.2 Å². The van der Waals surface area contributed by atoms with E-state index in [4.69, 9.17) is 9.47 Å². The summed E-state index contributed by atoms with van der Waals surface area (Å²) >= 11 is 1.45. The van der Waals surface area contributed by atoms with E-state index >= 15 is 0 Å². The molecule has 0 bridgehead atoms. The van der Waals surface area contributed by atoms with Crippen LogP contribution in [0.2, 0.25) is 0 Å². The maximum atomic E-state index is 13.6. The number of hydrogen-bond donors (Lipinski definition) is 2. The summed E-state index contributed by atoms with van der Waals surface area (Å²) in [6, 6.07) is 19.0. The molecule has 6 heteroatoms. The molecule has 4 aromatic rings. The molecule has 2 N–H and O–H groups in total. The van der Waals surface area contributed by atoms with E-state index in [1.54, 1.807) is 54.6 Å². The molecule has 2 heterocycles. The average molecular weight is 461 g/mol. The maximum Gasteiger partial charge on any atom is 0.195 e. The summed E-state index contributed by atoms with van der Waals surface area (Å²) in [5.74, 6) is 0.930. The molecule has 5 rings (SSSR count). The standard InChI is InChI=1S/C27H24O5S/c28-19-8-4-18(5-9-19)27-25(23-13-10-20(29)15-24(23)33-27)26(30)17-6-11-21(12-7-17)32-16-22-3-1-2-14-31-22/h4-13,15,22,28-29H,1-3,14,16H2. The lowest BCUT2D eigenvalue weighted by atomic mass is 9.97. The van der Waals surface area contributed by atoms with Crippen LogP contribution in [0.5, 0.6) is 17.2 Å². The molecule has 168 valence electrons. The summed E-state index contributed by atoms with van der Waals surface area (Å²) < 4.78 is 12.4. The van der Waals surface area contributed by atoms with Gasteiger partial charge in [0.05, 0.1) is 6.10 Å². The third-order valence-electron chi connectivity index (χ3n) is 5.86. The number of ketones is 1. The van der Waals surface area contributed by atoms with Crippen LogP contribution in [0, 0.1) is 0 Å². The molecule has 0 aliphatic carbocycles. The number of fused-ring (bicyclic) bond motifs is 1. The fourth-order valence-electron chi connectivity index (χ4n) is 4.10. The minimum atomic E-state index is -0.0998. The molecule has 1 aromatic heterocycles. The molecule has 1 unspecified atom stereocenters. The number of thiophene rings is 1. The van der Waals surface area contributed by atoms with Crippen LogP contribution in [0.25, 0.3) is 20.5 Å². The number of ether oxygens (including phenoxy) is 2. The largest absolute Gasteiger partial charge is 0.508 e. The molecular weight excluding hydrogens is 436 g/mol. The van der Waals surface area contributed by atoms with E-state index in [0.717, 1.165) is 46.4 Å². The zero-order valence-electron chi connectivity index (χ0n) is 18.0. The zero-order chi connectivity index (χ0) is 22.8. The summed E-state index contributed by atoms with van der Waals surface area (Å²) in [4.78, 5) is 14.4. The highest BCUT2D eigenvalue weighted by molar-refractivity contribution is 7.22. The number of phenolic OH excluding ortho intramolecular Hbond substituents is 2. The summed E-state index contributed by atoms with van der Waals surface area (Å²) in [6.07, 6.45) is 3.41. The highest BCUT2D eigenvalue weighted by Gasteiger charge is 2.22. The molecule has 5 nitrogen and oxygen atoms in total.